The Morgan fingerprint density at radius 3 is 2.75 bits per heavy atom. The molecule has 1 unspecified atom stereocenters. The van der Waals surface area contributed by atoms with E-state index >= 15 is 0 Å². The van der Waals surface area contributed by atoms with Gasteiger partial charge in [0.05, 0.1) is 7.11 Å². The summed E-state index contributed by atoms with van der Waals surface area (Å²) < 4.78 is 10.9. The molecule has 1 aromatic rings. The van der Waals surface area contributed by atoms with Crippen LogP contribution in [-0.4, -0.2) is 25.7 Å². The molecule has 1 rings (SSSR count). The molecule has 20 heavy (non-hydrogen) atoms. The van der Waals surface area contributed by atoms with Gasteiger partial charge in [-0.05, 0) is 26.0 Å². The third-order valence-corrected chi connectivity index (χ3v) is 2.97. The van der Waals surface area contributed by atoms with E-state index in [-0.39, 0.29) is 0 Å². The zero-order chi connectivity index (χ0) is 15.1. The molecule has 0 bridgehead atoms. The highest BCUT2D eigenvalue weighted by Gasteiger charge is 2.18. The van der Waals surface area contributed by atoms with Gasteiger partial charge < -0.3 is 20.5 Å². The van der Waals surface area contributed by atoms with Gasteiger partial charge in [-0.15, -0.1) is 0 Å². The molecule has 1 aromatic carbocycles. The van der Waals surface area contributed by atoms with Gasteiger partial charge in [0.25, 0.3) is 5.91 Å². The largest absolute Gasteiger partial charge is 0.493 e. The second-order valence-corrected chi connectivity index (χ2v) is 4.87. The number of hydrogen-bond donors (Lipinski definition) is 2. The van der Waals surface area contributed by atoms with E-state index in [0.717, 1.165) is 18.5 Å². The van der Waals surface area contributed by atoms with Crippen molar-refractivity contribution in [1.82, 2.24) is 5.32 Å². The molecule has 0 radical (unpaired) electrons. The van der Waals surface area contributed by atoms with E-state index in [1.807, 2.05) is 0 Å². The molecular formula is C14H21ClN2O3. The van der Waals surface area contributed by atoms with E-state index in [1.54, 1.807) is 19.1 Å². The SMILES string of the molecule is CCCNCc1cc(Cl)cc(OC)c1OC(C)C(N)=O. The molecule has 1 amide bonds. The number of benzene rings is 1. The molecule has 0 saturated carbocycles. The van der Waals surface area contributed by atoms with Crippen LogP contribution in [0.5, 0.6) is 11.5 Å². The van der Waals surface area contributed by atoms with Crippen LogP contribution in [0.2, 0.25) is 5.02 Å². The highest BCUT2D eigenvalue weighted by molar-refractivity contribution is 6.30. The fourth-order valence-electron chi connectivity index (χ4n) is 1.67. The number of carbonyl (C=O) groups is 1. The number of nitrogens with one attached hydrogen (secondary N) is 1. The van der Waals surface area contributed by atoms with Crippen LogP contribution < -0.4 is 20.5 Å². The number of halogens is 1. The molecule has 0 aliphatic carbocycles. The molecule has 0 aliphatic rings. The topological polar surface area (TPSA) is 73.6 Å². The fourth-order valence-corrected chi connectivity index (χ4v) is 1.90. The summed E-state index contributed by atoms with van der Waals surface area (Å²) in [7, 11) is 1.52. The molecular weight excluding hydrogens is 280 g/mol. The first-order chi connectivity index (χ1) is 9.49. The molecule has 0 fully saturated rings. The summed E-state index contributed by atoms with van der Waals surface area (Å²) in [4.78, 5) is 11.2. The van der Waals surface area contributed by atoms with E-state index in [2.05, 4.69) is 12.2 Å². The van der Waals surface area contributed by atoms with Gasteiger partial charge in [0.2, 0.25) is 0 Å². The van der Waals surface area contributed by atoms with Gasteiger partial charge in [-0.3, -0.25) is 4.79 Å². The molecule has 3 N–H and O–H groups in total. The first-order valence-corrected chi connectivity index (χ1v) is 6.90. The molecule has 6 heteroatoms. The van der Waals surface area contributed by atoms with E-state index in [9.17, 15) is 4.79 Å². The van der Waals surface area contributed by atoms with Crippen molar-refractivity contribution < 1.29 is 14.3 Å². The van der Waals surface area contributed by atoms with E-state index in [0.29, 0.717) is 23.1 Å². The normalized spacial score (nSPS) is 12.0. The van der Waals surface area contributed by atoms with Crippen LogP contribution >= 0.6 is 11.6 Å². The number of carbonyl (C=O) groups excluding carboxylic acids is 1. The smallest absolute Gasteiger partial charge is 0.258 e. The van der Waals surface area contributed by atoms with Crippen LogP contribution in [0.3, 0.4) is 0 Å². The average Bonchev–Trinajstić information content (AvgIpc) is 2.41. The average molecular weight is 301 g/mol. The third kappa shape index (κ3) is 4.58. The summed E-state index contributed by atoms with van der Waals surface area (Å²) in [6.45, 7) is 5.13. The number of primary amides is 1. The van der Waals surface area contributed by atoms with Crippen LogP contribution in [0.1, 0.15) is 25.8 Å². The number of rotatable bonds is 8. The first-order valence-electron chi connectivity index (χ1n) is 6.52. The summed E-state index contributed by atoms with van der Waals surface area (Å²) in [5.74, 6) is 0.445. The Balaban J connectivity index is 3.05. The standard InChI is InChI=1S/C14H21ClN2O3/c1-4-5-17-8-10-6-11(15)7-12(19-3)13(10)20-9(2)14(16)18/h6-7,9,17H,4-5,8H2,1-3H3,(H2,16,18). The van der Waals surface area contributed by atoms with Crippen LogP contribution in [0.25, 0.3) is 0 Å². The first kappa shape index (κ1) is 16.6. The van der Waals surface area contributed by atoms with Crippen molar-refractivity contribution in [1.29, 1.82) is 0 Å². The van der Waals surface area contributed by atoms with Crippen molar-refractivity contribution in [3.63, 3.8) is 0 Å². The zero-order valence-corrected chi connectivity index (χ0v) is 12.8. The quantitative estimate of drug-likeness (QED) is 0.721. The van der Waals surface area contributed by atoms with Crippen LogP contribution in [-0.2, 0) is 11.3 Å². The molecule has 5 nitrogen and oxygen atoms in total. The summed E-state index contributed by atoms with van der Waals surface area (Å²) in [6, 6.07) is 3.43. The summed E-state index contributed by atoms with van der Waals surface area (Å²) in [6.07, 6.45) is 0.279. The van der Waals surface area contributed by atoms with Gasteiger partial charge in [-0.2, -0.15) is 0 Å². The maximum Gasteiger partial charge on any atom is 0.258 e. The van der Waals surface area contributed by atoms with Gasteiger partial charge in [0, 0.05) is 23.2 Å². The minimum absolute atomic E-state index is 0.485. The van der Waals surface area contributed by atoms with Crippen molar-refractivity contribution >= 4 is 17.5 Å². The van der Waals surface area contributed by atoms with Gasteiger partial charge >= 0.3 is 0 Å². The molecule has 0 saturated heterocycles. The molecule has 0 heterocycles. The van der Waals surface area contributed by atoms with E-state index in [4.69, 9.17) is 26.8 Å². The number of amides is 1. The minimum Gasteiger partial charge on any atom is -0.493 e. The maximum absolute atomic E-state index is 11.2. The molecule has 0 spiro atoms. The Morgan fingerprint density at radius 1 is 1.50 bits per heavy atom. The highest BCUT2D eigenvalue weighted by Crippen LogP contribution is 2.35. The lowest BCUT2D eigenvalue weighted by Gasteiger charge is -2.18. The zero-order valence-electron chi connectivity index (χ0n) is 12.0. The van der Waals surface area contributed by atoms with Crippen molar-refractivity contribution in [2.24, 2.45) is 5.73 Å². The monoisotopic (exact) mass is 300 g/mol. The summed E-state index contributed by atoms with van der Waals surface area (Å²) >= 11 is 6.06. The van der Waals surface area contributed by atoms with E-state index in [1.165, 1.54) is 7.11 Å². The van der Waals surface area contributed by atoms with Crippen molar-refractivity contribution in [2.45, 2.75) is 32.9 Å². The Labute approximate surface area is 124 Å². The Morgan fingerprint density at radius 2 is 2.20 bits per heavy atom. The van der Waals surface area contributed by atoms with Gasteiger partial charge in [0.15, 0.2) is 17.6 Å². The second-order valence-electron chi connectivity index (χ2n) is 4.44. The number of nitrogens with two attached hydrogens (primary N) is 1. The lowest BCUT2D eigenvalue weighted by atomic mass is 10.1. The van der Waals surface area contributed by atoms with Gasteiger partial charge in [-0.1, -0.05) is 18.5 Å². The molecule has 112 valence electrons. The van der Waals surface area contributed by atoms with Crippen LogP contribution in [0.15, 0.2) is 12.1 Å². The lowest BCUT2D eigenvalue weighted by Crippen LogP contribution is -2.31. The fraction of sp³-hybridized carbons (Fsp3) is 0.500. The minimum atomic E-state index is -0.741. The predicted octanol–water partition coefficient (Wildman–Crippen LogP) is 2.10. The van der Waals surface area contributed by atoms with Crippen molar-refractivity contribution in [2.75, 3.05) is 13.7 Å². The molecule has 1 atom stereocenters. The molecule has 0 aromatic heterocycles. The van der Waals surface area contributed by atoms with E-state index < -0.39 is 12.0 Å². The van der Waals surface area contributed by atoms with Gasteiger partial charge in [-0.25, -0.2) is 0 Å². The number of hydrogen-bond acceptors (Lipinski definition) is 4. The van der Waals surface area contributed by atoms with Crippen LogP contribution in [0, 0.1) is 0 Å². The van der Waals surface area contributed by atoms with Gasteiger partial charge in [0.1, 0.15) is 0 Å². The maximum atomic E-state index is 11.2. The number of methoxy groups -OCH3 is 1. The Hall–Kier alpha value is -1.46. The van der Waals surface area contributed by atoms with Crippen molar-refractivity contribution in [3.05, 3.63) is 22.7 Å². The lowest BCUT2D eigenvalue weighted by molar-refractivity contribution is -0.124. The predicted molar refractivity (Wildman–Crippen MR) is 79.3 cm³/mol. The third-order valence-electron chi connectivity index (χ3n) is 2.75. The molecule has 0 aliphatic heterocycles. The van der Waals surface area contributed by atoms with Crippen LogP contribution in [0.4, 0.5) is 0 Å². The second kappa shape index (κ2) is 7.97. The van der Waals surface area contributed by atoms with Crippen molar-refractivity contribution in [3.8, 4) is 11.5 Å². The highest BCUT2D eigenvalue weighted by atomic mass is 35.5. The Kier molecular flexibility index (Phi) is 6.61. The summed E-state index contributed by atoms with van der Waals surface area (Å²) in [5.41, 5.74) is 6.06. The number of ether oxygens (including phenoxy) is 2. The summed E-state index contributed by atoms with van der Waals surface area (Å²) in [5, 5.41) is 3.81. The Bertz CT molecular complexity index is 466.